The largest absolute Gasteiger partial charge is 0.486 e. The second kappa shape index (κ2) is 9.65. The predicted molar refractivity (Wildman–Crippen MR) is 126 cm³/mol. The Morgan fingerprint density at radius 2 is 1.84 bits per heavy atom. The number of ketones is 1. The van der Waals surface area contributed by atoms with Crippen LogP contribution >= 0.6 is 0 Å². The number of carbonyl (C=O) groups excluding carboxylic acids is 2. The molecule has 2 aliphatic rings. The summed E-state index contributed by atoms with van der Waals surface area (Å²) in [5.41, 5.74) is 1.51. The second-order valence-corrected chi connectivity index (χ2v) is 9.30. The molecular weight excluding hydrogens is 404 g/mol. The molecule has 0 bridgehead atoms. The zero-order chi connectivity index (χ0) is 22.7. The Kier molecular flexibility index (Phi) is 6.89. The summed E-state index contributed by atoms with van der Waals surface area (Å²) in [7, 11) is 0. The fraction of sp³-hybridized carbons (Fsp3) is 0.615. The van der Waals surface area contributed by atoms with Gasteiger partial charge in [-0.2, -0.15) is 0 Å². The predicted octanol–water partition coefficient (Wildman–Crippen LogP) is 5.26. The van der Waals surface area contributed by atoms with Crippen molar-refractivity contribution >= 4 is 22.7 Å². The van der Waals surface area contributed by atoms with Crippen LogP contribution in [-0.4, -0.2) is 48.4 Å². The number of rotatable bonds is 7. The molecule has 1 fully saturated rings. The van der Waals surface area contributed by atoms with E-state index in [1.165, 1.54) is 12.8 Å². The van der Waals surface area contributed by atoms with Gasteiger partial charge in [0.2, 0.25) is 0 Å². The van der Waals surface area contributed by atoms with Crippen LogP contribution in [0.3, 0.4) is 0 Å². The van der Waals surface area contributed by atoms with Gasteiger partial charge >= 0.3 is 0 Å². The SMILES string of the molecule is CCN(CC)CCCNC(=O)c1oc2ccc3c(c2c1C)C(=O)CC1(CCCCCC1)O3. The van der Waals surface area contributed by atoms with E-state index in [9.17, 15) is 9.59 Å². The first-order valence-electron chi connectivity index (χ1n) is 12.3. The van der Waals surface area contributed by atoms with Crippen molar-refractivity contribution in [1.82, 2.24) is 10.2 Å². The van der Waals surface area contributed by atoms with Crippen LogP contribution in [0.5, 0.6) is 5.75 Å². The molecule has 174 valence electrons. The first-order valence-corrected chi connectivity index (χ1v) is 12.3. The van der Waals surface area contributed by atoms with E-state index in [1.54, 1.807) is 0 Å². The molecule has 6 nitrogen and oxygen atoms in total. The maximum atomic E-state index is 13.3. The molecule has 1 aromatic heterocycles. The maximum Gasteiger partial charge on any atom is 0.287 e. The molecule has 2 heterocycles. The molecular formula is C26H36N2O4. The van der Waals surface area contributed by atoms with Crippen molar-refractivity contribution in [2.24, 2.45) is 0 Å². The Morgan fingerprint density at radius 3 is 2.53 bits per heavy atom. The number of fused-ring (bicyclic) bond motifs is 3. The summed E-state index contributed by atoms with van der Waals surface area (Å²) in [5, 5.41) is 3.70. The highest BCUT2D eigenvalue weighted by Gasteiger charge is 2.42. The third kappa shape index (κ3) is 4.42. The van der Waals surface area contributed by atoms with Gasteiger partial charge in [-0.15, -0.1) is 0 Å². The molecule has 1 amide bonds. The molecule has 1 aliphatic carbocycles. The lowest BCUT2D eigenvalue weighted by molar-refractivity contribution is 0.0301. The van der Waals surface area contributed by atoms with Crippen molar-refractivity contribution in [3.8, 4) is 5.75 Å². The number of hydrogen-bond donors (Lipinski definition) is 1. The Balaban J connectivity index is 1.54. The Morgan fingerprint density at radius 1 is 1.12 bits per heavy atom. The van der Waals surface area contributed by atoms with E-state index in [-0.39, 0.29) is 17.3 Å². The van der Waals surface area contributed by atoms with Crippen LogP contribution in [0.2, 0.25) is 0 Å². The number of furan rings is 1. The van der Waals surface area contributed by atoms with Crippen molar-refractivity contribution in [3.63, 3.8) is 0 Å². The monoisotopic (exact) mass is 440 g/mol. The van der Waals surface area contributed by atoms with Crippen LogP contribution in [0.15, 0.2) is 16.5 Å². The molecule has 1 N–H and O–H groups in total. The van der Waals surface area contributed by atoms with Crippen molar-refractivity contribution in [2.75, 3.05) is 26.2 Å². The molecule has 1 spiro atoms. The number of Topliss-reactive ketones (excluding diaryl/α,β-unsaturated/α-hetero) is 1. The highest BCUT2D eigenvalue weighted by Crippen LogP contribution is 2.44. The summed E-state index contributed by atoms with van der Waals surface area (Å²) >= 11 is 0. The van der Waals surface area contributed by atoms with Crippen molar-refractivity contribution in [3.05, 3.63) is 29.0 Å². The van der Waals surface area contributed by atoms with Gasteiger partial charge in [-0.3, -0.25) is 9.59 Å². The summed E-state index contributed by atoms with van der Waals surface area (Å²) in [6.07, 6.45) is 7.79. The van der Waals surface area contributed by atoms with E-state index < -0.39 is 0 Å². The number of ether oxygens (including phenoxy) is 1. The van der Waals surface area contributed by atoms with E-state index in [0.717, 1.165) is 57.1 Å². The van der Waals surface area contributed by atoms with E-state index in [2.05, 4.69) is 24.1 Å². The van der Waals surface area contributed by atoms with Crippen LogP contribution in [0.1, 0.15) is 91.7 Å². The number of nitrogens with zero attached hydrogens (tertiary/aromatic N) is 1. The lowest BCUT2D eigenvalue weighted by Gasteiger charge is -2.37. The normalized spacial score (nSPS) is 17.9. The van der Waals surface area contributed by atoms with Gasteiger partial charge in [-0.05, 0) is 70.8 Å². The quantitative estimate of drug-likeness (QED) is 0.595. The number of hydrogen-bond acceptors (Lipinski definition) is 5. The van der Waals surface area contributed by atoms with Gasteiger partial charge in [0.15, 0.2) is 11.5 Å². The molecule has 0 unspecified atom stereocenters. The van der Waals surface area contributed by atoms with Crippen molar-refractivity contribution in [1.29, 1.82) is 0 Å². The average molecular weight is 441 g/mol. The molecule has 6 heteroatoms. The molecule has 32 heavy (non-hydrogen) atoms. The fourth-order valence-corrected chi connectivity index (χ4v) is 5.33. The van der Waals surface area contributed by atoms with Gasteiger partial charge in [0.05, 0.1) is 12.0 Å². The van der Waals surface area contributed by atoms with Gasteiger partial charge < -0.3 is 19.4 Å². The highest BCUT2D eigenvalue weighted by atomic mass is 16.5. The van der Waals surface area contributed by atoms with Gasteiger partial charge in [0.1, 0.15) is 16.9 Å². The molecule has 2 aromatic rings. The summed E-state index contributed by atoms with van der Waals surface area (Å²) in [4.78, 5) is 28.5. The Labute approximate surface area is 190 Å². The van der Waals surface area contributed by atoms with Crippen LogP contribution in [-0.2, 0) is 0 Å². The van der Waals surface area contributed by atoms with E-state index in [0.29, 0.717) is 41.2 Å². The average Bonchev–Trinajstić information content (AvgIpc) is 2.96. The summed E-state index contributed by atoms with van der Waals surface area (Å²) in [6.45, 7) is 9.71. The molecule has 4 rings (SSSR count). The van der Waals surface area contributed by atoms with Gasteiger partial charge in [0.25, 0.3) is 5.91 Å². The maximum absolute atomic E-state index is 13.3. The zero-order valence-electron chi connectivity index (χ0n) is 19.7. The summed E-state index contributed by atoms with van der Waals surface area (Å²) < 4.78 is 12.4. The second-order valence-electron chi connectivity index (χ2n) is 9.30. The molecule has 0 saturated heterocycles. The van der Waals surface area contributed by atoms with Crippen molar-refractivity contribution in [2.45, 2.75) is 77.7 Å². The summed E-state index contributed by atoms with van der Waals surface area (Å²) in [5.74, 6) is 0.815. The minimum absolute atomic E-state index is 0.105. The van der Waals surface area contributed by atoms with E-state index >= 15 is 0 Å². The highest BCUT2D eigenvalue weighted by molar-refractivity contribution is 6.13. The van der Waals surface area contributed by atoms with Gasteiger partial charge in [0, 0.05) is 17.5 Å². The third-order valence-corrected chi connectivity index (χ3v) is 7.20. The minimum atomic E-state index is -0.364. The zero-order valence-corrected chi connectivity index (χ0v) is 19.7. The minimum Gasteiger partial charge on any atom is -0.486 e. The topological polar surface area (TPSA) is 71.8 Å². The first-order chi connectivity index (χ1) is 15.5. The number of nitrogens with one attached hydrogen (secondary N) is 1. The van der Waals surface area contributed by atoms with Crippen molar-refractivity contribution < 1.29 is 18.7 Å². The fourth-order valence-electron chi connectivity index (χ4n) is 5.33. The van der Waals surface area contributed by atoms with Crippen LogP contribution in [0.4, 0.5) is 0 Å². The smallest absolute Gasteiger partial charge is 0.287 e. The van der Waals surface area contributed by atoms with Crippen LogP contribution < -0.4 is 10.1 Å². The van der Waals surface area contributed by atoms with E-state index in [1.807, 2.05) is 19.1 Å². The Bertz CT molecular complexity index is 981. The molecule has 1 saturated carbocycles. The molecule has 0 radical (unpaired) electrons. The number of benzene rings is 1. The lowest BCUT2D eigenvalue weighted by atomic mass is 9.83. The lowest BCUT2D eigenvalue weighted by Crippen LogP contribution is -2.41. The number of aryl methyl sites for hydroxylation is 1. The summed E-state index contributed by atoms with van der Waals surface area (Å²) in [6, 6.07) is 3.68. The third-order valence-electron chi connectivity index (χ3n) is 7.20. The van der Waals surface area contributed by atoms with E-state index in [4.69, 9.17) is 9.15 Å². The van der Waals surface area contributed by atoms with Gasteiger partial charge in [-0.1, -0.05) is 26.7 Å². The first kappa shape index (κ1) is 22.8. The standard InChI is InChI=1S/C26H36N2O4/c1-4-28(5-2)16-10-15-27-25(30)24-18(3)22-20(31-24)11-12-21-23(22)19(29)17-26(32-21)13-8-6-7-9-14-26/h11-12H,4-10,13-17H2,1-3H3,(H,27,30). The number of carbonyl (C=O) groups is 2. The van der Waals surface area contributed by atoms with Crippen LogP contribution in [0.25, 0.3) is 11.0 Å². The molecule has 1 aromatic carbocycles. The molecule has 1 aliphatic heterocycles. The van der Waals surface area contributed by atoms with Crippen LogP contribution in [0, 0.1) is 6.92 Å². The van der Waals surface area contributed by atoms with Gasteiger partial charge in [-0.25, -0.2) is 0 Å². The number of amides is 1. The molecule has 0 atom stereocenters. The Hall–Kier alpha value is -2.34.